The molecule has 0 spiro atoms. The molecule has 4 heteroatoms. The van der Waals surface area contributed by atoms with Crippen LogP contribution in [0.5, 0.6) is 5.75 Å². The molecular formula is C16H15BrO3. The fourth-order valence-corrected chi connectivity index (χ4v) is 2.16. The number of rotatable bonds is 6. The van der Waals surface area contributed by atoms with E-state index in [-0.39, 0.29) is 12.4 Å². The number of carbonyl (C=O) groups is 1. The highest BCUT2D eigenvalue weighted by atomic mass is 79.9. The zero-order chi connectivity index (χ0) is 14.4. The lowest BCUT2D eigenvalue weighted by Crippen LogP contribution is -2.09. The first-order valence-electron chi connectivity index (χ1n) is 6.19. The van der Waals surface area contributed by atoms with Crippen LogP contribution in [-0.2, 0) is 11.3 Å². The molecule has 0 aliphatic heterocycles. The number of halogens is 1. The molecule has 2 aromatic rings. The molecular weight excluding hydrogens is 320 g/mol. The van der Waals surface area contributed by atoms with Gasteiger partial charge in [-0.25, -0.2) is 0 Å². The average molecular weight is 335 g/mol. The number of ether oxygens (including phenoxy) is 2. The van der Waals surface area contributed by atoms with Crippen LogP contribution in [0, 0.1) is 0 Å². The average Bonchev–Trinajstić information content (AvgIpc) is 2.48. The predicted molar refractivity (Wildman–Crippen MR) is 81.1 cm³/mol. The van der Waals surface area contributed by atoms with Crippen molar-refractivity contribution in [1.82, 2.24) is 0 Å². The first kappa shape index (κ1) is 14.8. The monoisotopic (exact) mass is 334 g/mol. The van der Waals surface area contributed by atoms with Gasteiger partial charge in [0.2, 0.25) is 0 Å². The number of hydrogen-bond acceptors (Lipinski definition) is 3. The lowest BCUT2D eigenvalue weighted by molar-refractivity contribution is 0.0726. The van der Waals surface area contributed by atoms with E-state index in [0.29, 0.717) is 17.9 Å². The summed E-state index contributed by atoms with van der Waals surface area (Å²) in [5.41, 5.74) is 1.63. The quantitative estimate of drug-likeness (QED) is 0.752. The highest BCUT2D eigenvalue weighted by Crippen LogP contribution is 2.25. The molecule has 0 aliphatic carbocycles. The van der Waals surface area contributed by atoms with E-state index in [9.17, 15) is 4.79 Å². The molecule has 0 aromatic heterocycles. The first-order valence-corrected chi connectivity index (χ1v) is 6.98. The first-order chi connectivity index (χ1) is 9.70. The van der Waals surface area contributed by atoms with Gasteiger partial charge >= 0.3 is 0 Å². The van der Waals surface area contributed by atoms with Gasteiger partial charge in [0, 0.05) is 5.56 Å². The maximum absolute atomic E-state index is 12.0. The summed E-state index contributed by atoms with van der Waals surface area (Å²) in [5, 5.41) is 0. The smallest absolute Gasteiger partial charge is 0.188 e. The van der Waals surface area contributed by atoms with E-state index in [2.05, 4.69) is 15.9 Å². The third-order valence-corrected chi connectivity index (χ3v) is 3.47. The molecule has 3 nitrogen and oxygen atoms in total. The van der Waals surface area contributed by atoms with Crippen LogP contribution >= 0.6 is 15.9 Å². The molecule has 0 heterocycles. The summed E-state index contributed by atoms with van der Waals surface area (Å²) in [5.74, 6) is 0.575. The van der Waals surface area contributed by atoms with Crippen molar-refractivity contribution in [3.8, 4) is 5.75 Å². The summed E-state index contributed by atoms with van der Waals surface area (Å²) >= 11 is 3.36. The Hall–Kier alpha value is -1.65. The van der Waals surface area contributed by atoms with Crippen molar-refractivity contribution in [2.75, 3.05) is 13.7 Å². The molecule has 0 saturated carbocycles. The highest BCUT2D eigenvalue weighted by molar-refractivity contribution is 9.10. The van der Waals surface area contributed by atoms with Gasteiger partial charge < -0.3 is 9.47 Å². The second kappa shape index (κ2) is 7.22. The minimum atomic E-state index is -0.0632. The third-order valence-electron chi connectivity index (χ3n) is 2.82. The van der Waals surface area contributed by atoms with E-state index >= 15 is 0 Å². The molecule has 20 heavy (non-hydrogen) atoms. The van der Waals surface area contributed by atoms with E-state index < -0.39 is 0 Å². The normalized spacial score (nSPS) is 10.3. The number of Topliss-reactive ketones (excluding diaryl/α,β-unsaturated/α-hetero) is 1. The molecule has 0 saturated heterocycles. The van der Waals surface area contributed by atoms with Gasteiger partial charge in [-0.05, 0) is 39.7 Å². The van der Waals surface area contributed by atoms with E-state index in [1.807, 2.05) is 30.3 Å². The second-order valence-electron chi connectivity index (χ2n) is 4.25. The molecule has 2 rings (SSSR count). The molecule has 0 aliphatic rings. The number of carbonyl (C=O) groups excluding carboxylic acids is 1. The summed E-state index contributed by atoms with van der Waals surface area (Å²) in [6.07, 6.45) is 0. The fourth-order valence-electron chi connectivity index (χ4n) is 1.75. The Kier molecular flexibility index (Phi) is 5.32. The van der Waals surface area contributed by atoms with Gasteiger partial charge in [0.05, 0.1) is 18.2 Å². The zero-order valence-corrected chi connectivity index (χ0v) is 12.7. The molecule has 104 valence electrons. The van der Waals surface area contributed by atoms with Crippen LogP contribution in [0.2, 0.25) is 0 Å². The van der Waals surface area contributed by atoms with Crippen LogP contribution in [0.1, 0.15) is 15.9 Å². The lowest BCUT2D eigenvalue weighted by atomic mass is 10.1. The summed E-state index contributed by atoms with van der Waals surface area (Å²) in [7, 11) is 1.57. The van der Waals surface area contributed by atoms with Crippen LogP contribution in [0.4, 0.5) is 0 Å². The SMILES string of the molecule is COc1cc(C(=O)COCc2ccccc2)ccc1Br. The minimum Gasteiger partial charge on any atom is -0.496 e. The van der Waals surface area contributed by atoms with Gasteiger partial charge in [-0.2, -0.15) is 0 Å². The van der Waals surface area contributed by atoms with Crippen molar-refractivity contribution in [2.24, 2.45) is 0 Å². The van der Waals surface area contributed by atoms with Crippen LogP contribution in [-0.4, -0.2) is 19.5 Å². The molecule has 0 bridgehead atoms. The number of hydrogen-bond donors (Lipinski definition) is 0. The van der Waals surface area contributed by atoms with Crippen LogP contribution in [0.15, 0.2) is 53.0 Å². The second-order valence-corrected chi connectivity index (χ2v) is 5.11. The Morgan fingerprint density at radius 1 is 1.15 bits per heavy atom. The Balaban J connectivity index is 1.92. The van der Waals surface area contributed by atoms with Crippen molar-refractivity contribution in [2.45, 2.75) is 6.61 Å². The molecule has 2 aromatic carbocycles. The van der Waals surface area contributed by atoms with Gasteiger partial charge in [-0.15, -0.1) is 0 Å². The van der Waals surface area contributed by atoms with Gasteiger partial charge in [-0.1, -0.05) is 30.3 Å². The molecule has 0 fully saturated rings. The minimum absolute atomic E-state index is 0.0552. The molecule has 0 unspecified atom stereocenters. The van der Waals surface area contributed by atoms with Gasteiger partial charge in [0.15, 0.2) is 5.78 Å². The lowest BCUT2D eigenvalue weighted by Gasteiger charge is -2.07. The third kappa shape index (κ3) is 3.92. The molecule has 0 radical (unpaired) electrons. The van der Waals surface area contributed by atoms with E-state index in [1.54, 1.807) is 25.3 Å². The largest absolute Gasteiger partial charge is 0.496 e. The zero-order valence-electron chi connectivity index (χ0n) is 11.1. The predicted octanol–water partition coefficient (Wildman–Crippen LogP) is 3.86. The summed E-state index contributed by atoms with van der Waals surface area (Å²) in [6.45, 7) is 0.486. The maximum Gasteiger partial charge on any atom is 0.188 e. The Morgan fingerprint density at radius 2 is 1.90 bits per heavy atom. The number of benzene rings is 2. The van der Waals surface area contributed by atoms with Gasteiger partial charge in [-0.3, -0.25) is 4.79 Å². The highest BCUT2D eigenvalue weighted by Gasteiger charge is 2.09. The Morgan fingerprint density at radius 3 is 2.60 bits per heavy atom. The number of ketones is 1. The van der Waals surface area contributed by atoms with Gasteiger partial charge in [0.25, 0.3) is 0 Å². The van der Waals surface area contributed by atoms with Crippen LogP contribution in [0.25, 0.3) is 0 Å². The van der Waals surface area contributed by atoms with Gasteiger partial charge in [0.1, 0.15) is 12.4 Å². The Bertz CT molecular complexity index is 582. The van der Waals surface area contributed by atoms with Crippen molar-refractivity contribution >= 4 is 21.7 Å². The molecule has 0 atom stereocenters. The fraction of sp³-hybridized carbons (Fsp3) is 0.188. The maximum atomic E-state index is 12.0. The van der Waals surface area contributed by atoms with E-state index in [0.717, 1.165) is 10.0 Å². The summed E-state index contributed by atoms with van der Waals surface area (Å²) in [6, 6.07) is 15.0. The number of methoxy groups -OCH3 is 1. The van der Waals surface area contributed by atoms with Crippen molar-refractivity contribution in [3.63, 3.8) is 0 Å². The van der Waals surface area contributed by atoms with E-state index in [4.69, 9.17) is 9.47 Å². The Labute approximate surface area is 126 Å². The standard InChI is InChI=1S/C16H15BrO3/c1-19-16-9-13(7-8-14(16)17)15(18)11-20-10-12-5-3-2-4-6-12/h2-9H,10-11H2,1H3. The summed E-state index contributed by atoms with van der Waals surface area (Å²) in [4.78, 5) is 12.0. The van der Waals surface area contributed by atoms with E-state index in [1.165, 1.54) is 0 Å². The van der Waals surface area contributed by atoms with Crippen molar-refractivity contribution in [3.05, 3.63) is 64.1 Å². The van der Waals surface area contributed by atoms with Crippen LogP contribution in [0.3, 0.4) is 0 Å². The summed E-state index contributed by atoms with van der Waals surface area (Å²) < 4.78 is 11.4. The molecule has 0 N–H and O–H groups in total. The van der Waals surface area contributed by atoms with Crippen molar-refractivity contribution < 1.29 is 14.3 Å². The molecule has 0 amide bonds. The van der Waals surface area contributed by atoms with Crippen LogP contribution < -0.4 is 4.74 Å². The topological polar surface area (TPSA) is 35.5 Å². The van der Waals surface area contributed by atoms with Crippen molar-refractivity contribution in [1.29, 1.82) is 0 Å².